The summed E-state index contributed by atoms with van der Waals surface area (Å²) in [7, 11) is 0. The van der Waals surface area contributed by atoms with Gasteiger partial charge in [-0.2, -0.15) is 0 Å². The zero-order valence-electron chi connectivity index (χ0n) is 7.47. The molecule has 1 aromatic carbocycles. The number of fused-ring (bicyclic) bond motifs is 1. The zero-order chi connectivity index (χ0) is 9.97. The Morgan fingerprint density at radius 2 is 2.14 bits per heavy atom. The van der Waals surface area contributed by atoms with E-state index in [2.05, 4.69) is 0 Å². The van der Waals surface area contributed by atoms with Crippen LogP contribution >= 0.6 is 0 Å². The Labute approximate surface area is 81.1 Å². The van der Waals surface area contributed by atoms with Crippen molar-refractivity contribution < 1.29 is 14.3 Å². The lowest BCUT2D eigenvalue weighted by atomic mass is 10.2. The summed E-state index contributed by atoms with van der Waals surface area (Å²) < 4.78 is 5.33. The van der Waals surface area contributed by atoms with E-state index in [9.17, 15) is 9.59 Å². The third-order valence-corrected chi connectivity index (χ3v) is 2.10. The van der Waals surface area contributed by atoms with Crippen molar-refractivity contribution in [2.75, 3.05) is 13.2 Å². The lowest BCUT2D eigenvalue weighted by Crippen LogP contribution is -2.30. The molecule has 0 aromatic heterocycles. The number of hydrogen-bond donors (Lipinski definition) is 0. The molecule has 0 aliphatic carbocycles. The maximum atomic E-state index is 11.7. The number of ether oxygens (including phenoxy) is 1. The number of benzene rings is 1. The van der Waals surface area contributed by atoms with E-state index in [1.165, 1.54) is 0 Å². The van der Waals surface area contributed by atoms with Gasteiger partial charge in [-0.25, -0.2) is 0 Å². The Balaban J connectivity index is 2.44. The van der Waals surface area contributed by atoms with Crippen molar-refractivity contribution in [3.63, 3.8) is 0 Å². The van der Waals surface area contributed by atoms with Gasteiger partial charge in [0.25, 0.3) is 5.91 Å². The molecule has 1 aliphatic rings. The fourth-order valence-electron chi connectivity index (χ4n) is 1.38. The van der Waals surface area contributed by atoms with Crippen molar-refractivity contribution in [2.45, 2.75) is 0 Å². The second kappa shape index (κ2) is 3.49. The van der Waals surface area contributed by atoms with Crippen LogP contribution in [0, 0.1) is 0 Å². The third-order valence-electron chi connectivity index (χ3n) is 2.10. The minimum absolute atomic E-state index is 0.298. The van der Waals surface area contributed by atoms with Crippen LogP contribution in [0.1, 0.15) is 10.4 Å². The van der Waals surface area contributed by atoms with Gasteiger partial charge in [0.1, 0.15) is 12.4 Å². The predicted molar refractivity (Wildman–Crippen MR) is 49.0 cm³/mol. The highest BCUT2D eigenvalue weighted by molar-refractivity contribution is 6.02. The number of imide groups is 1. The Morgan fingerprint density at radius 1 is 1.36 bits per heavy atom. The number of carbonyl (C=O) groups excluding carboxylic acids is 2. The summed E-state index contributed by atoms with van der Waals surface area (Å²) in [4.78, 5) is 23.4. The fraction of sp³-hybridized carbons (Fsp3) is 0.200. The van der Waals surface area contributed by atoms with Crippen LogP contribution < -0.4 is 4.74 Å². The van der Waals surface area contributed by atoms with Crippen LogP contribution in [-0.2, 0) is 4.79 Å². The van der Waals surface area contributed by atoms with Gasteiger partial charge < -0.3 is 4.74 Å². The first kappa shape index (κ1) is 8.74. The average Bonchev–Trinajstić information content (AvgIpc) is 2.39. The second-order valence-electron chi connectivity index (χ2n) is 2.95. The molecule has 2 amide bonds. The molecule has 1 heterocycles. The smallest absolute Gasteiger partial charge is 0.264 e. The van der Waals surface area contributed by atoms with Crippen LogP contribution in [0.2, 0.25) is 0 Å². The first-order valence-corrected chi connectivity index (χ1v) is 4.31. The summed E-state index contributed by atoms with van der Waals surface area (Å²) in [5, 5.41) is 0. The highest BCUT2D eigenvalue weighted by atomic mass is 16.5. The molecule has 0 spiro atoms. The van der Waals surface area contributed by atoms with E-state index in [1.54, 1.807) is 24.3 Å². The molecule has 0 atom stereocenters. The van der Waals surface area contributed by atoms with Gasteiger partial charge in [0.15, 0.2) is 0 Å². The molecule has 0 bridgehead atoms. The van der Waals surface area contributed by atoms with E-state index in [4.69, 9.17) is 4.74 Å². The van der Waals surface area contributed by atoms with Crippen LogP contribution in [0.3, 0.4) is 0 Å². The van der Waals surface area contributed by atoms with E-state index in [0.717, 1.165) is 4.90 Å². The van der Waals surface area contributed by atoms with Gasteiger partial charge in [-0.3, -0.25) is 14.5 Å². The van der Waals surface area contributed by atoms with Crippen molar-refractivity contribution in [3.8, 4) is 5.75 Å². The molecule has 14 heavy (non-hydrogen) atoms. The van der Waals surface area contributed by atoms with Gasteiger partial charge >= 0.3 is 0 Å². The maximum absolute atomic E-state index is 11.7. The van der Waals surface area contributed by atoms with Crippen LogP contribution in [0.5, 0.6) is 5.75 Å². The lowest BCUT2D eigenvalue weighted by Gasteiger charge is -2.09. The maximum Gasteiger partial charge on any atom is 0.264 e. The van der Waals surface area contributed by atoms with Gasteiger partial charge in [0.05, 0.1) is 12.1 Å². The third kappa shape index (κ3) is 1.35. The van der Waals surface area contributed by atoms with Crippen LogP contribution in [0.15, 0.2) is 24.3 Å². The number of carbonyl (C=O) groups is 2. The lowest BCUT2D eigenvalue weighted by molar-refractivity contribution is -0.116. The topological polar surface area (TPSA) is 46.6 Å². The van der Waals surface area contributed by atoms with Crippen molar-refractivity contribution in [3.05, 3.63) is 29.8 Å². The Kier molecular flexibility index (Phi) is 2.18. The largest absolute Gasteiger partial charge is 0.491 e. The quantitative estimate of drug-likeness (QED) is 0.613. The molecular weight excluding hydrogens is 182 g/mol. The van der Waals surface area contributed by atoms with Crippen molar-refractivity contribution in [1.29, 1.82) is 0 Å². The van der Waals surface area contributed by atoms with Gasteiger partial charge in [0.2, 0.25) is 6.41 Å². The molecule has 0 fully saturated rings. The molecule has 72 valence electrons. The van der Waals surface area contributed by atoms with E-state index >= 15 is 0 Å². The van der Waals surface area contributed by atoms with Gasteiger partial charge in [0, 0.05) is 0 Å². The van der Waals surface area contributed by atoms with Gasteiger partial charge in [-0.05, 0) is 12.1 Å². The molecule has 1 aliphatic heterocycles. The Bertz CT molecular complexity index is 375. The molecule has 1 aromatic rings. The minimum Gasteiger partial charge on any atom is -0.491 e. The SMILES string of the molecule is O=CN1CCOc2ccccc2C1=O. The highest BCUT2D eigenvalue weighted by Crippen LogP contribution is 2.21. The zero-order valence-corrected chi connectivity index (χ0v) is 7.47. The highest BCUT2D eigenvalue weighted by Gasteiger charge is 2.22. The summed E-state index contributed by atoms with van der Waals surface area (Å²) >= 11 is 0. The van der Waals surface area contributed by atoms with E-state index in [1.807, 2.05) is 0 Å². The average molecular weight is 191 g/mol. The molecule has 4 nitrogen and oxygen atoms in total. The van der Waals surface area contributed by atoms with E-state index in [-0.39, 0.29) is 5.91 Å². The number of rotatable bonds is 1. The molecule has 0 saturated heterocycles. The summed E-state index contributed by atoms with van der Waals surface area (Å²) in [6, 6.07) is 6.91. The molecule has 2 rings (SSSR count). The normalized spacial score (nSPS) is 15.4. The first-order valence-electron chi connectivity index (χ1n) is 4.31. The molecule has 0 N–H and O–H groups in total. The van der Waals surface area contributed by atoms with Crippen molar-refractivity contribution in [2.24, 2.45) is 0 Å². The monoisotopic (exact) mass is 191 g/mol. The molecule has 0 radical (unpaired) electrons. The van der Waals surface area contributed by atoms with E-state index in [0.29, 0.717) is 30.9 Å². The van der Waals surface area contributed by atoms with Crippen LogP contribution in [-0.4, -0.2) is 30.4 Å². The molecule has 4 heteroatoms. The predicted octanol–water partition coefficient (Wildman–Crippen LogP) is 0.678. The summed E-state index contributed by atoms with van der Waals surface area (Å²) in [5.41, 5.74) is 0.442. The molecule has 0 unspecified atom stereocenters. The molecule has 0 saturated carbocycles. The van der Waals surface area contributed by atoms with Crippen molar-refractivity contribution >= 4 is 12.3 Å². The second-order valence-corrected chi connectivity index (χ2v) is 2.95. The fourth-order valence-corrected chi connectivity index (χ4v) is 1.38. The number of hydrogen-bond acceptors (Lipinski definition) is 3. The van der Waals surface area contributed by atoms with Crippen LogP contribution in [0.4, 0.5) is 0 Å². The Hall–Kier alpha value is -1.84. The van der Waals surface area contributed by atoms with Gasteiger partial charge in [-0.1, -0.05) is 12.1 Å². The Morgan fingerprint density at radius 3 is 2.93 bits per heavy atom. The van der Waals surface area contributed by atoms with Crippen molar-refractivity contribution in [1.82, 2.24) is 4.90 Å². The minimum atomic E-state index is -0.298. The number of nitrogens with zero attached hydrogens (tertiary/aromatic N) is 1. The number of amides is 2. The summed E-state index contributed by atoms with van der Waals surface area (Å²) in [5.74, 6) is 0.245. The van der Waals surface area contributed by atoms with Crippen LogP contribution in [0.25, 0.3) is 0 Å². The first-order chi connectivity index (χ1) is 6.83. The standard InChI is InChI=1S/C10H9NO3/c12-7-11-5-6-14-9-4-2-1-3-8(9)10(11)13/h1-4,7H,5-6H2. The number of para-hydroxylation sites is 1. The summed E-state index contributed by atoms with van der Waals surface area (Å²) in [6.07, 6.45) is 0.536. The summed E-state index contributed by atoms with van der Waals surface area (Å²) in [6.45, 7) is 0.651. The molecular formula is C10H9NO3. The van der Waals surface area contributed by atoms with E-state index < -0.39 is 0 Å². The van der Waals surface area contributed by atoms with Gasteiger partial charge in [-0.15, -0.1) is 0 Å².